The van der Waals surface area contributed by atoms with Crippen molar-refractivity contribution in [1.29, 1.82) is 0 Å². The van der Waals surface area contributed by atoms with Crippen molar-refractivity contribution in [1.82, 2.24) is 5.32 Å². The van der Waals surface area contributed by atoms with Gasteiger partial charge >= 0.3 is 0 Å². The van der Waals surface area contributed by atoms with Crippen LogP contribution in [0.3, 0.4) is 0 Å². The van der Waals surface area contributed by atoms with Crippen molar-refractivity contribution < 1.29 is 9.53 Å². The van der Waals surface area contributed by atoms with Crippen molar-refractivity contribution in [2.75, 3.05) is 13.2 Å². The lowest BCUT2D eigenvalue weighted by Gasteiger charge is -2.07. The van der Waals surface area contributed by atoms with Gasteiger partial charge in [-0.25, -0.2) is 0 Å². The number of hydrogen-bond acceptors (Lipinski definition) is 2. The highest BCUT2D eigenvalue weighted by Gasteiger charge is 2.21. The van der Waals surface area contributed by atoms with Crippen LogP contribution in [0.4, 0.5) is 0 Å². The van der Waals surface area contributed by atoms with Crippen molar-refractivity contribution in [3.8, 4) is 5.75 Å². The Bertz CT molecular complexity index is 372. The molecule has 1 aromatic rings. The SMILES string of the molecule is Cc1cccc(OCC(=O)NCC2CC2)c1. The minimum atomic E-state index is -0.0339. The molecule has 1 aromatic carbocycles. The number of ether oxygens (including phenoxy) is 1. The van der Waals surface area contributed by atoms with Gasteiger partial charge in [-0.05, 0) is 43.4 Å². The Morgan fingerprint density at radius 1 is 1.50 bits per heavy atom. The first-order valence-electron chi connectivity index (χ1n) is 5.70. The third kappa shape index (κ3) is 3.57. The van der Waals surface area contributed by atoms with Gasteiger partial charge in [-0.2, -0.15) is 0 Å². The van der Waals surface area contributed by atoms with Gasteiger partial charge in [0.25, 0.3) is 5.91 Å². The molecule has 0 unspecified atom stereocenters. The van der Waals surface area contributed by atoms with Gasteiger partial charge < -0.3 is 10.1 Å². The van der Waals surface area contributed by atoms with Crippen molar-refractivity contribution in [2.45, 2.75) is 19.8 Å². The first-order chi connectivity index (χ1) is 7.74. The number of carbonyl (C=O) groups excluding carboxylic acids is 1. The minimum Gasteiger partial charge on any atom is -0.484 e. The van der Waals surface area contributed by atoms with Crippen LogP contribution in [0.15, 0.2) is 24.3 Å². The minimum absolute atomic E-state index is 0.0339. The van der Waals surface area contributed by atoms with E-state index in [2.05, 4.69) is 5.32 Å². The number of amides is 1. The van der Waals surface area contributed by atoms with E-state index in [4.69, 9.17) is 4.74 Å². The molecule has 3 nitrogen and oxygen atoms in total. The summed E-state index contributed by atoms with van der Waals surface area (Å²) in [4.78, 5) is 11.4. The van der Waals surface area contributed by atoms with Gasteiger partial charge in [-0.3, -0.25) is 4.79 Å². The number of nitrogens with one attached hydrogen (secondary N) is 1. The van der Waals surface area contributed by atoms with Crippen LogP contribution >= 0.6 is 0 Å². The van der Waals surface area contributed by atoms with Crippen LogP contribution in [0.2, 0.25) is 0 Å². The highest BCUT2D eigenvalue weighted by atomic mass is 16.5. The van der Waals surface area contributed by atoms with E-state index in [0.29, 0.717) is 5.92 Å². The van der Waals surface area contributed by atoms with E-state index in [9.17, 15) is 4.79 Å². The molecule has 1 aliphatic rings. The van der Waals surface area contributed by atoms with Crippen LogP contribution in [0.25, 0.3) is 0 Å². The van der Waals surface area contributed by atoms with Gasteiger partial charge in [-0.15, -0.1) is 0 Å². The molecule has 0 heterocycles. The molecule has 1 amide bonds. The smallest absolute Gasteiger partial charge is 0.257 e. The molecule has 2 rings (SSSR count). The predicted octanol–water partition coefficient (Wildman–Crippen LogP) is 1.90. The maximum atomic E-state index is 11.4. The number of benzene rings is 1. The Labute approximate surface area is 95.8 Å². The summed E-state index contributed by atoms with van der Waals surface area (Å²) in [6.45, 7) is 2.91. The molecule has 0 aromatic heterocycles. The van der Waals surface area contributed by atoms with Crippen LogP contribution < -0.4 is 10.1 Å². The average molecular weight is 219 g/mol. The summed E-state index contributed by atoms with van der Waals surface area (Å²) in [6.07, 6.45) is 2.50. The van der Waals surface area contributed by atoms with Crippen LogP contribution in [0, 0.1) is 12.8 Å². The van der Waals surface area contributed by atoms with Gasteiger partial charge in [0.15, 0.2) is 6.61 Å². The lowest BCUT2D eigenvalue weighted by Crippen LogP contribution is -2.30. The molecule has 0 atom stereocenters. The summed E-state index contributed by atoms with van der Waals surface area (Å²) < 4.78 is 5.39. The molecule has 0 spiro atoms. The Morgan fingerprint density at radius 2 is 2.31 bits per heavy atom. The van der Waals surface area contributed by atoms with Gasteiger partial charge in [0.1, 0.15) is 5.75 Å². The molecule has 0 bridgehead atoms. The van der Waals surface area contributed by atoms with E-state index in [-0.39, 0.29) is 12.5 Å². The van der Waals surface area contributed by atoms with E-state index >= 15 is 0 Å². The summed E-state index contributed by atoms with van der Waals surface area (Å²) in [5, 5.41) is 2.87. The number of aryl methyl sites for hydroxylation is 1. The summed E-state index contributed by atoms with van der Waals surface area (Å²) in [5.41, 5.74) is 1.14. The second kappa shape index (κ2) is 5.01. The van der Waals surface area contributed by atoms with Crippen molar-refractivity contribution >= 4 is 5.91 Å². The second-order valence-corrected chi connectivity index (χ2v) is 4.35. The lowest BCUT2D eigenvalue weighted by atomic mass is 10.2. The lowest BCUT2D eigenvalue weighted by molar-refractivity contribution is -0.123. The Morgan fingerprint density at radius 3 is 3.00 bits per heavy atom. The first-order valence-corrected chi connectivity index (χ1v) is 5.70. The van der Waals surface area contributed by atoms with Gasteiger partial charge in [0.05, 0.1) is 0 Å². The summed E-state index contributed by atoms with van der Waals surface area (Å²) in [5.74, 6) is 1.43. The molecule has 0 saturated heterocycles. The van der Waals surface area contributed by atoms with E-state index < -0.39 is 0 Å². The molecular weight excluding hydrogens is 202 g/mol. The molecule has 1 fully saturated rings. The number of rotatable bonds is 5. The van der Waals surface area contributed by atoms with Crippen LogP contribution in [-0.2, 0) is 4.79 Å². The van der Waals surface area contributed by atoms with Crippen molar-refractivity contribution in [3.05, 3.63) is 29.8 Å². The average Bonchev–Trinajstić information content (AvgIpc) is 3.07. The number of carbonyl (C=O) groups is 1. The van der Waals surface area contributed by atoms with Gasteiger partial charge in [0, 0.05) is 6.54 Å². The molecule has 1 aliphatic carbocycles. The molecule has 0 aliphatic heterocycles. The molecule has 3 heteroatoms. The summed E-state index contributed by atoms with van der Waals surface area (Å²) in [7, 11) is 0. The fourth-order valence-corrected chi connectivity index (χ4v) is 1.49. The third-order valence-corrected chi connectivity index (χ3v) is 2.64. The van der Waals surface area contributed by atoms with E-state index in [1.807, 2.05) is 31.2 Å². The normalized spacial score (nSPS) is 14.6. The zero-order valence-corrected chi connectivity index (χ0v) is 9.53. The van der Waals surface area contributed by atoms with Gasteiger partial charge in [0.2, 0.25) is 0 Å². The third-order valence-electron chi connectivity index (χ3n) is 2.64. The maximum Gasteiger partial charge on any atom is 0.257 e. The van der Waals surface area contributed by atoms with E-state index in [0.717, 1.165) is 17.9 Å². The highest BCUT2D eigenvalue weighted by molar-refractivity contribution is 5.77. The Hall–Kier alpha value is -1.51. The molecule has 16 heavy (non-hydrogen) atoms. The zero-order valence-electron chi connectivity index (χ0n) is 9.53. The molecule has 0 radical (unpaired) electrons. The van der Waals surface area contributed by atoms with Crippen LogP contribution in [0.1, 0.15) is 18.4 Å². The monoisotopic (exact) mass is 219 g/mol. The predicted molar refractivity (Wildman–Crippen MR) is 62.4 cm³/mol. The zero-order chi connectivity index (χ0) is 11.4. The quantitative estimate of drug-likeness (QED) is 0.821. The fourth-order valence-electron chi connectivity index (χ4n) is 1.49. The molecule has 1 N–H and O–H groups in total. The summed E-state index contributed by atoms with van der Waals surface area (Å²) in [6, 6.07) is 7.71. The van der Waals surface area contributed by atoms with Crippen molar-refractivity contribution in [3.63, 3.8) is 0 Å². The molecule has 1 saturated carbocycles. The maximum absolute atomic E-state index is 11.4. The highest BCUT2D eigenvalue weighted by Crippen LogP contribution is 2.27. The van der Waals surface area contributed by atoms with Gasteiger partial charge in [-0.1, -0.05) is 12.1 Å². The van der Waals surface area contributed by atoms with Crippen molar-refractivity contribution in [2.24, 2.45) is 5.92 Å². The Balaban J connectivity index is 1.71. The van der Waals surface area contributed by atoms with Crippen LogP contribution in [0.5, 0.6) is 5.75 Å². The van der Waals surface area contributed by atoms with E-state index in [1.165, 1.54) is 12.8 Å². The first kappa shape index (κ1) is 11.0. The standard InChI is InChI=1S/C13H17NO2/c1-10-3-2-4-12(7-10)16-9-13(15)14-8-11-5-6-11/h2-4,7,11H,5-6,8-9H2,1H3,(H,14,15). The molecular formula is C13H17NO2. The molecule has 86 valence electrons. The van der Waals surface area contributed by atoms with Crippen LogP contribution in [-0.4, -0.2) is 19.1 Å². The summed E-state index contributed by atoms with van der Waals surface area (Å²) >= 11 is 0. The fraction of sp³-hybridized carbons (Fsp3) is 0.462. The Kier molecular flexibility index (Phi) is 3.44. The van der Waals surface area contributed by atoms with E-state index in [1.54, 1.807) is 0 Å². The number of hydrogen-bond donors (Lipinski definition) is 1. The second-order valence-electron chi connectivity index (χ2n) is 4.35. The topological polar surface area (TPSA) is 38.3 Å². The largest absolute Gasteiger partial charge is 0.484 e.